The minimum Gasteiger partial charge on any atom is -0.481 e. The fraction of sp³-hybridized carbons (Fsp3) is 0.469. The van der Waals surface area contributed by atoms with Gasteiger partial charge in [-0.2, -0.15) is 0 Å². The molecule has 0 radical (unpaired) electrons. The smallest absolute Gasteiger partial charge is 0.320 e. The fourth-order valence-corrected chi connectivity index (χ4v) is 7.36. The first-order valence-electron chi connectivity index (χ1n) is 14.8. The van der Waals surface area contributed by atoms with Crippen molar-refractivity contribution in [2.24, 2.45) is 11.8 Å². The Balaban J connectivity index is 1.25. The summed E-state index contributed by atoms with van der Waals surface area (Å²) in [5.41, 5.74) is 4.49. The molecule has 1 saturated heterocycles. The third-order valence-corrected chi connectivity index (χ3v) is 9.73. The lowest BCUT2D eigenvalue weighted by Crippen LogP contribution is -2.39. The number of amides is 3. The van der Waals surface area contributed by atoms with Gasteiger partial charge >= 0.3 is 12.0 Å². The van der Waals surface area contributed by atoms with Crippen molar-refractivity contribution < 1.29 is 19.5 Å². The van der Waals surface area contributed by atoms with Crippen molar-refractivity contribution in [1.82, 2.24) is 19.8 Å². The van der Waals surface area contributed by atoms with Gasteiger partial charge in [0.15, 0.2) is 5.13 Å². The van der Waals surface area contributed by atoms with Gasteiger partial charge in [0.2, 0.25) is 5.91 Å². The van der Waals surface area contributed by atoms with Crippen molar-refractivity contribution in [3.63, 3.8) is 0 Å². The van der Waals surface area contributed by atoms with Gasteiger partial charge in [0.25, 0.3) is 0 Å². The molecule has 2 unspecified atom stereocenters. The summed E-state index contributed by atoms with van der Waals surface area (Å²) in [5.74, 6) is -1.12. The van der Waals surface area contributed by atoms with Crippen LogP contribution in [0.15, 0.2) is 48.0 Å². The highest BCUT2D eigenvalue weighted by atomic mass is 32.1. The molecule has 2 aliphatic carbocycles. The first-order valence-corrected chi connectivity index (χ1v) is 15.7. The number of benzene rings is 1. The van der Waals surface area contributed by atoms with E-state index in [9.17, 15) is 19.5 Å². The topological polar surface area (TPSA) is 107 Å². The molecule has 1 aromatic carbocycles. The summed E-state index contributed by atoms with van der Waals surface area (Å²) in [5, 5.41) is 12.2. The largest absolute Gasteiger partial charge is 0.481 e. The van der Waals surface area contributed by atoms with E-state index in [4.69, 9.17) is 9.97 Å². The first kappa shape index (κ1) is 28.3. The third kappa shape index (κ3) is 5.77. The Morgan fingerprint density at radius 1 is 1.07 bits per heavy atom. The van der Waals surface area contributed by atoms with Gasteiger partial charge in [0, 0.05) is 55.3 Å². The number of carbonyl (C=O) groups excluding carboxylic acids is 2. The van der Waals surface area contributed by atoms with E-state index in [0.717, 1.165) is 66.6 Å². The van der Waals surface area contributed by atoms with Crippen LogP contribution in [0, 0.1) is 11.8 Å². The molecule has 2 saturated carbocycles. The molecule has 42 heavy (non-hydrogen) atoms. The molecule has 3 fully saturated rings. The number of nitrogens with zero attached hydrogens (tertiary/aromatic N) is 5. The summed E-state index contributed by atoms with van der Waals surface area (Å²) in [6, 6.07) is 12.0. The molecule has 9 nitrogen and oxygen atoms in total. The Kier molecular flexibility index (Phi) is 7.98. The van der Waals surface area contributed by atoms with Gasteiger partial charge < -0.3 is 14.9 Å². The first-order chi connectivity index (χ1) is 20.3. The molecular weight excluding hydrogens is 550 g/mol. The number of likely N-dealkylation sites (N-methyl/N-ethyl adjacent to an activating group) is 2. The highest BCUT2D eigenvalue weighted by molar-refractivity contribution is 7.14. The van der Waals surface area contributed by atoms with E-state index in [2.05, 4.69) is 0 Å². The molecule has 1 N–H and O–H groups in total. The number of carbonyl (C=O) groups is 3. The third-order valence-electron chi connectivity index (χ3n) is 8.89. The van der Waals surface area contributed by atoms with E-state index in [1.807, 2.05) is 48.0 Å². The van der Waals surface area contributed by atoms with Crippen molar-refractivity contribution in [3.8, 4) is 22.4 Å². The lowest BCUT2D eigenvalue weighted by atomic mass is 9.90. The molecule has 2 aromatic heterocycles. The highest BCUT2D eigenvalue weighted by Gasteiger charge is 2.40. The minimum atomic E-state index is -0.923. The SMILES string of the molecule is CN1CC(c2ccc(-c3ccccc3-c3csc(N(C(=O)C(CC(=O)O)CC4CCCC4)C4CC4)n3)cn2)N(C)C1=O. The maximum atomic E-state index is 13.9. The van der Waals surface area contributed by atoms with Crippen molar-refractivity contribution in [3.05, 3.63) is 53.7 Å². The van der Waals surface area contributed by atoms with Crippen molar-refractivity contribution in [1.29, 1.82) is 0 Å². The Bertz CT molecular complexity index is 1460. The number of hydrogen-bond acceptors (Lipinski definition) is 6. The lowest BCUT2D eigenvalue weighted by Gasteiger charge is -2.26. The highest BCUT2D eigenvalue weighted by Crippen LogP contribution is 2.41. The molecule has 3 aromatic rings. The second kappa shape index (κ2) is 11.8. The number of hydrogen-bond donors (Lipinski definition) is 1. The molecule has 1 aliphatic heterocycles. The predicted molar refractivity (Wildman–Crippen MR) is 162 cm³/mol. The van der Waals surface area contributed by atoms with Crippen molar-refractivity contribution in [2.45, 2.75) is 63.5 Å². The Hall–Kier alpha value is -3.79. The molecule has 2 atom stereocenters. The van der Waals surface area contributed by atoms with E-state index in [0.29, 0.717) is 24.0 Å². The zero-order valence-electron chi connectivity index (χ0n) is 24.1. The molecule has 0 bridgehead atoms. The number of thiazole rings is 1. The van der Waals surface area contributed by atoms with Crippen molar-refractivity contribution in [2.75, 3.05) is 25.5 Å². The zero-order chi connectivity index (χ0) is 29.4. The molecule has 220 valence electrons. The summed E-state index contributed by atoms with van der Waals surface area (Å²) in [6.07, 6.45) is 8.65. The molecule has 3 amide bonds. The van der Waals surface area contributed by atoms with Crippen LogP contribution in [-0.2, 0) is 9.59 Å². The van der Waals surface area contributed by atoms with Crippen LogP contribution in [0.4, 0.5) is 9.93 Å². The van der Waals surface area contributed by atoms with Gasteiger partial charge in [-0.1, -0.05) is 56.0 Å². The van der Waals surface area contributed by atoms with E-state index in [-0.39, 0.29) is 30.4 Å². The fourth-order valence-electron chi connectivity index (χ4n) is 6.46. The van der Waals surface area contributed by atoms with Crippen LogP contribution in [0.5, 0.6) is 0 Å². The number of pyridine rings is 1. The summed E-state index contributed by atoms with van der Waals surface area (Å²) in [4.78, 5) is 52.7. The predicted octanol–water partition coefficient (Wildman–Crippen LogP) is 6.08. The molecule has 10 heteroatoms. The molecule has 3 heterocycles. The van der Waals surface area contributed by atoms with Gasteiger partial charge in [0.1, 0.15) is 0 Å². The van der Waals surface area contributed by atoms with E-state index in [1.54, 1.807) is 28.8 Å². The number of carboxylic acid groups (broad SMARTS) is 1. The Labute approximate surface area is 250 Å². The second-order valence-electron chi connectivity index (χ2n) is 11.9. The molecular formula is C32H37N5O4S. The van der Waals surface area contributed by atoms with Gasteiger partial charge in [-0.05, 0) is 36.8 Å². The zero-order valence-corrected chi connectivity index (χ0v) is 24.9. The van der Waals surface area contributed by atoms with Gasteiger partial charge in [-0.15, -0.1) is 11.3 Å². The summed E-state index contributed by atoms with van der Waals surface area (Å²) in [6.45, 7) is 0.601. The van der Waals surface area contributed by atoms with Crippen LogP contribution in [0.1, 0.15) is 63.1 Å². The summed E-state index contributed by atoms with van der Waals surface area (Å²) in [7, 11) is 3.60. The average Bonchev–Trinajstić information content (AvgIpc) is 3.35. The number of aromatic nitrogens is 2. The van der Waals surface area contributed by atoms with Gasteiger partial charge in [-0.3, -0.25) is 19.5 Å². The van der Waals surface area contributed by atoms with E-state index in [1.165, 1.54) is 11.3 Å². The van der Waals surface area contributed by atoms with Crippen molar-refractivity contribution >= 4 is 34.4 Å². The van der Waals surface area contributed by atoms with Crippen LogP contribution in [0.2, 0.25) is 0 Å². The summed E-state index contributed by atoms with van der Waals surface area (Å²) < 4.78 is 0. The number of anilines is 1. The maximum Gasteiger partial charge on any atom is 0.320 e. The number of aliphatic carboxylic acids is 1. The maximum absolute atomic E-state index is 13.9. The van der Waals surface area contributed by atoms with Crippen LogP contribution < -0.4 is 4.90 Å². The van der Waals surface area contributed by atoms with Crippen LogP contribution >= 0.6 is 11.3 Å². The molecule has 6 rings (SSSR count). The Morgan fingerprint density at radius 3 is 2.43 bits per heavy atom. The van der Waals surface area contributed by atoms with Crippen LogP contribution in [0.3, 0.4) is 0 Å². The van der Waals surface area contributed by atoms with Gasteiger partial charge in [-0.25, -0.2) is 9.78 Å². The molecule has 3 aliphatic rings. The Morgan fingerprint density at radius 2 is 1.81 bits per heavy atom. The standard InChI is InChI=1S/C32H37N5O4S/c1-35-18-28(36(2)32(35)41)26-14-11-21(17-33-26)24-9-5-6-10-25(24)27-19-42-31(34-27)37(23-12-13-23)30(40)22(16-29(38)39)15-20-7-3-4-8-20/h5-6,9-11,14,17,19-20,22-23,28H,3-4,7-8,12-13,15-16,18H2,1-2H3,(H,38,39). The van der Waals surface area contributed by atoms with E-state index < -0.39 is 11.9 Å². The summed E-state index contributed by atoms with van der Waals surface area (Å²) >= 11 is 1.44. The van der Waals surface area contributed by atoms with Crippen LogP contribution in [0.25, 0.3) is 22.4 Å². The molecule has 0 spiro atoms. The monoisotopic (exact) mass is 587 g/mol. The minimum absolute atomic E-state index is 0.0119. The normalized spacial score (nSPS) is 19.9. The second-order valence-corrected chi connectivity index (χ2v) is 12.8. The number of carboxylic acids is 1. The lowest BCUT2D eigenvalue weighted by molar-refractivity contribution is -0.141. The number of rotatable bonds is 10. The van der Waals surface area contributed by atoms with Crippen LogP contribution in [-0.4, -0.2) is 69.5 Å². The quantitative estimate of drug-likeness (QED) is 0.308. The number of urea groups is 1. The van der Waals surface area contributed by atoms with Gasteiger partial charge in [0.05, 0.1) is 23.9 Å². The van der Waals surface area contributed by atoms with E-state index >= 15 is 0 Å². The average molecular weight is 588 g/mol.